The van der Waals surface area contributed by atoms with Crippen molar-refractivity contribution < 1.29 is 23.9 Å². The number of carbonyl (C=O) groups excluding carboxylic acids is 4. The van der Waals surface area contributed by atoms with Crippen molar-refractivity contribution in [2.24, 2.45) is 5.92 Å². The first-order valence-corrected chi connectivity index (χ1v) is 16.3. The van der Waals surface area contributed by atoms with Gasteiger partial charge in [0.05, 0.1) is 18.6 Å². The van der Waals surface area contributed by atoms with E-state index in [9.17, 15) is 19.2 Å². The number of para-hydroxylation sites is 2. The van der Waals surface area contributed by atoms with E-state index in [0.717, 1.165) is 22.0 Å². The van der Waals surface area contributed by atoms with Gasteiger partial charge in [-0.3, -0.25) is 19.4 Å². The van der Waals surface area contributed by atoms with Gasteiger partial charge in [0.2, 0.25) is 11.8 Å². The predicted molar refractivity (Wildman–Crippen MR) is 180 cm³/mol. The standard InChI is InChI=1S/C37H40N6O5/c1-26(18-19-34(45)48-30-16-7-4-8-17-30)21-31-36(46)41(23-29-14-9-13-28-15-10-20-38-35(28)29)24-32-42(31)33(44)25-40(2)43(32)37(47)39-22-27-11-5-3-6-12-27/h3-17,20,26,31-32H,18-19,21-25H2,1-2H3,(H,39,47)/t26?,31-,32?/m0/s1. The number of piperazine rings is 1. The van der Waals surface area contributed by atoms with Crippen molar-refractivity contribution in [3.63, 3.8) is 0 Å². The van der Waals surface area contributed by atoms with Crippen LogP contribution in [0.5, 0.6) is 5.75 Å². The maximum absolute atomic E-state index is 14.3. The van der Waals surface area contributed by atoms with Gasteiger partial charge in [0.1, 0.15) is 18.0 Å². The molecule has 1 N–H and O–H groups in total. The molecule has 2 aliphatic rings. The van der Waals surface area contributed by atoms with Gasteiger partial charge in [0.25, 0.3) is 0 Å². The Balaban J connectivity index is 1.24. The van der Waals surface area contributed by atoms with Crippen LogP contribution < -0.4 is 10.1 Å². The Morgan fingerprint density at radius 1 is 0.958 bits per heavy atom. The van der Waals surface area contributed by atoms with Crippen molar-refractivity contribution in [3.8, 4) is 5.75 Å². The van der Waals surface area contributed by atoms with Gasteiger partial charge in [0, 0.05) is 38.1 Å². The molecular weight excluding hydrogens is 608 g/mol. The van der Waals surface area contributed by atoms with Gasteiger partial charge in [-0.15, -0.1) is 0 Å². The first-order valence-electron chi connectivity index (χ1n) is 16.3. The van der Waals surface area contributed by atoms with Crippen molar-refractivity contribution in [2.75, 3.05) is 20.1 Å². The molecule has 248 valence electrons. The fourth-order valence-corrected chi connectivity index (χ4v) is 6.57. The number of esters is 1. The van der Waals surface area contributed by atoms with E-state index in [1.54, 1.807) is 57.3 Å². The molecule has 3 aromatic carbocycles. The number of carbonyl (C=O) groups is 4. The fourth-order valence-electron chi connectivity index (χ4n) is 6.57. The number of fused-ring (bicyclic) bond motifs is 2. The fraction of sp³-hybridized carbons (Fsp3) is 0.324. The number of rotatable bonds is 10. The lowest BCUT2D eigenvalue weighted by molar-refractivity contribution is -0.188. The van der Waals surface area contributed by atoms with Gasteiger partial charge in [-0.25, -0.2) is 14.8 Å². The van der Waals surface area contributed by atoms with Gasteiger partial charge in [-0.1, -0.05) is 79.7 Å². The maximum Gasteiger partial charge on any atom is 0.334 e. The van der Waals surface area contributed by atoms with Crippen LogP contribution >= 0.6 is 0 Å². The molecule has 2 saturated heterocycles. The lowest BCUT2D eigenvalue weighted by Gasteiger charge is -2.54. The van der Waals surface area contributed by atoms with E-state index in [2.05, 4.69) is 10.3 Å². The molecule has 4 amide bonds. The summed E-state index contributed by atoms with van der Waals surface area (Å²) < 4.78 is 5.46. The lowest BCUT2D eigenvalue weighted by atomic mass is 9.92. The Bertz CT molecular complexity index is 1760. The summed E-state index contributed by atoms with van der Waals surface area (Å²) in [5, 5.41) is 7.14. The summed E-state index contributed by atoms with van der Waals surface area (Å²) >= 11 is 0. The van der Waals surface area contributed by atoms with E-state index >= 15 is 0 Å². The molecule has 3 heterocycles. The zero-order valence-electron chi connectivity index (χ0n) is 27.2. The molecule has 0 bridgehead atoms. The normalized spacial score (nSPS) is 18.8. The van der Waals surface area contributed by atoms with Crippen LogP contribution in [-0.4, -0.2) is 81.0 Å². The molecule has 0 saturated carbocycles. The van der Waals surface area contributed by atoms with Gasteiger partial charge in [-0.05, 0) is 48.1 Å². The zero-order chi connectivity index (χ0) is 33.6. The second-order valence-electron chi connectivity index (χ2n) is 12.5. The number of nitrogens with one attached hydrogen (secondary N) is 1. The Hall–Kier alpha value is -5.29. The summed E-state index contributed by atoms with van der Waals surface area (Å²) in [5.74, 6) is -0.402. The summed E-state index contributed by atoms with van der Waals surface area (Å²) in [6.45, 7) is 2.63. The minimum absolute atomic E-state index is 0.0515. The van der Waals surface area contributed by atoms with Crippen molar-refractivity contribution in [1.82, 2.24) is 30.1 Å². The highest BCUT2D eigenvalue weighted by atomic mass is 16.5. The van der Waals surface area contributed by atoms with E-state index in [0.29, 0.717) is 25.1 Å². The van der Waals surface area contributed by atoms with Crippen molar-refractivity contribution in [1.29, 1.82) is 0 Å². The molecular formula is C37H40N6O5. The van der Waals surface area contributed by atoms with Crippen LogP contribution in [-0.2, 0) is 27.5 Å². The van der Waals surface area contributed by atoms with Gasteiger partial charge >= 0.3 is 12.0 Å². The summed E-state index contributed by atoms with van der Waals surface area (Å²) in [4.78, 5) is 62.3. The molecule has 1 aromatic heterocycles. The second-order valence-corrected chi connectivity index (χ2v) is 12.5. The Morgan fingerprint density at radius 2 is 1.69 bits per heavy atom. The molecule has 3 atom stereocenters. The number of urea groups is 1. The van der Waals surface area contributed by atoms with Crippen LogP contribution in [0.25, 0.3) is 10.9 Å². The number of hydrogen-bond acceptors (Lipinski definition) is 7. The van der Waals surface area contributed by atoms with E-state index in [1.165, 1.54) is 0 Å². The number of benzene rings is 3. The molecule has 0 radical (unpaired) electrons. The molecule has 2 fully saturated rings. The molecule has 0 spiro atoms. The summed E-state index contributed by atoms with van der Waals surface area (Å²) in [6, 6.07) is 27.0. The predicted octanol–water partition coefficient (Wildman–Crippen LogP) is 4.58. The Morgan fingerprint density at radius 3 is 2.46 bits per heavy atom. The molecule has 4 aromatic rings. The first kappa shape index (κ1) is 32.6. The van der Waals surface area contributed by atoms with Crippen LogP contribution in [0, 0.1) is 5.92 Å². The molecule has 0 aliphatic carbocycles. The smallest absolute Gasteiger partial charge is 0.334 e. The summed E-state index contributed by atoms with van der Waals surface area (Å²) in [7, 11) is 1.71. The summed E-state index contributed by atoms with van der Waals surface area (Å²) in [5.41, 5.74) is 2.62. The maximum atomic E-state index is 14.3. The van der Waals surface area contributed by atoms with Crippen molar-refractivity contribution in [3.05, 3.63) is 108 Å². The number of aromatic nitrogens is 1. The Kier molecular flexibility index (Phi) is 9.96. The minimum atomic E-state index is -0.822. The number of hydrazine groups is 1. The number of hydrogen-bond donors (Lipinski definition) is 1. The quantitative estimate of drug-likeness (QED) is 0.198. The highest BCUT2D eigenvalue weighted by Crippen LogP contribution is 2.31. The third kappa shape index (κ3) is 7.31. The third-order valence-corrected chi connectivity index (χ3v) is 8.95. The molecule has 11 heteroatoms. The Labute approximate surface area is 280 Å². The number of likely N-dealkylation sites (N-methyl/N-ethyl adjacent to an activating group) is 1. The topological polar surface area (TPSA) is 115 Å². The average molecular weight is 649 g/mol. The zero-order valence-corrected chi connectivity index (χ0v) is 27.2. The third-order valence-electron chi connectivity index (χ3n) is 8.95. The van der Waals surface area contributed by atoms with Crippen LogP contribution in [0.2, 0.25) is 0 Å². The number of pyridine rings is 1. The highest BCUT2D eigenvalue weighted by Gasteiger charge is 2.51. The largest absolute Gasteiger partial charge is 0.427 e. The van der Waals surface area contributed by atoms with Gasteiger partial charge in [0.15, 0.2) is 0 Å². The van der Waals surface area contributed by atoms with E-state index in [-0.39, 0.29) is 55.8 Å². The monoisotopic (exact) mass is 648 g/mol. The molecule has 48 heavy (non-hydrogen) atoms. The van der Waals surface area contributed by atoms with Gasteiger partial charge < -0.3 is 19.9 Å². The van der Waals surface area contributed by atoms with Crippen LogP contribution in [0.3, 0.4) is 0 Å². The SMILES string of the molecule is CC(CCC(=O)Oc1ccccc1)C[C@H]1C(=O)N(Cc2cccc3cccnc23)CC2N1C(=O)CN(C)N2C(=O)NCc1ccccc1. The molecule has 2 aliphatic heterocycles. The second kappa shape index (κ2) is 14.6. The molecule has 2 unspecified atom stereocenters. The number of amides is 4. The van der Waals surface area contributed by atoms with Crippen LogP contribution in [0.4, 0.5) is 4.79 Å². The summed E-state index contributed by atoms with van der Waals surface area (Å²) in [6.07, 6.45) is 1.96. The lowest BCUT2D eigenvalue weighted by Crippen LogP contribution is -2.75. The molecule has 11 nitrogen and oxygen atoms in total. The van der Waals surface area contributed by atoms with E-state index in [1.807, 2.05) is 73.7 Å². The van der Waals surface area contributed by atoms with Crippen molar-refractivity contribution in [2.45, 2.75) is 51.5 Å². The number of ether oxygens (including phenoxy) is 1. The first-order chi connectivity index (χ1) is 23.3. The molecule has 6 rings (SSSR count). The number of nitrogens with zero attached hydrogens (tertiary/aromatic N) is 5. The van der Waals surface area contributed by atoms with Crippen LogP contribution in [0.15, 0.2) is 97.2 Å². The average Bonchev–Trinajstić information content (AvgIpc) is 3.09. The van der Waals surface area contributed by atoms with E-state index in [4.69, 9.17) is 4.74 Å². The highest BCUT2D eigenvalue weighted by molar-refractivity contribution is 5.92. The van der Waals surface area contributed by atoms with E-state index < -0.39 is 12.2 Å². The van der Waals surface area contributed by atoms with Crippen molar-refractivity contribution >= 4 is 34.7 Å². The minimum Gasteiger partial charge on any atom is -0.427 e. The van der Waals surface area contributed by atoms with Gasteiger partial charge in [-0.2, -0.15) is 0 Å². The van der Waals surface area contributed by atoms with Crippen LogP contribution in [0.1, 0.15) is 37.3 Å².